The zero-order valence-corrected chi connectivity index (χ0v) is 12.5. The zero-order chi connectivity index (χ0) is 14.2. The first-order valence-electron chi connectivity index (χ1n) is 7.45. The zero-order valence-electron chi connectivity index (χ0n) is 12.5. The van der Waals surface area contributed by atoms with E-state index < -0.39 is 5.41 Å². The van der Waals surface area contributed by atoms with Crippen LogP contribution in [0.4, 0.5) is 0 Å². The van der Waals surface area contributed by atoms with Crippen LogP contribution in [0.15, 0.2) is 0 Å². The van der Waals surface area contributed by atoms with Gasteiger partial charge in [0.1, 0.15) is 0 Å². The molecule has 4 heteroatoms. The van der Waals surface area contributed by atoms with Gasteiger partial charge in [-0.05, 0) is 32.6 Å². The van der Waals surface area contributed by atoms with Crippen molar-refractivity contribution in [3.05, 3.63) is 0 Å². The number of nitrogens with zero attached hydrogens (tertiary/aromatic N) is 1. The maximum absolute atomic E-state index is 12.5. The van der Waals surface area contributed by atoms with Crippen LogP contribution in [0.2, 0.25) is 0 Å². The van der Waals surface area contributed by atoms with Crippen molar-refractivity contribution in [3.63, 3.8) is 0 Å². The molecule has 0 bridgehead atoms. The summed E-state index contributed by atoms with van der Waals surface area (Å²) in [5, 5.41) is 3.49. The van der Waals surface area contributed by atoms with Gasteiger partial charge in [0, 0.05) is 25.0 Å². The van der Waals surface area contributed by atoms with Gasteiger partial charge in [-0.2, -0.15) is 0 Å². The highest BCUT2D eigenvalue weighted by Gasteiger charge is 2.50. The largest absolute Gasteiger partial charge is 0.310 e. The van der Waals surface area contributed by atoms with Gasteiger partial charge in [0.15, 0.2) is 0 Å². The van der Waals surface area contributed by atoms with Crippen LogP contribution >= 0.6 is 0 Å². The Hall–Kier alpha value is -0.900. The Morgan fingerprint density at radius 2 is 2.05 bits per heavy atom. The van der Waals surface area contributed by atoms with Crippen LogP contribution in [-0.2, 0) is 9.59 Å². The van der Waals surface area contributed by atoms with E-state index in [2.05, 4.69) is 12.2 Å². The molecule has 19 heavy (non-hydrogen) atoms. The van der Waals surface area contributed by atoms with Gasteiger partial charge in [0.05, 0.1) is 5.41 Å². The molecular formula is C15H26N2O2. The topological polar surface area (TPSA) is 49.4 Å². The van der Waals surface area contributed by atoms with E-state index in [1.807, 2.05) is 20.8 Å². The van der Waals surface area contributed by atoms with E-state index in [9.17, 15) is 9.59 Å². The highest BCUT2D eigenvalue weighted by Crippen LogP contribution is 2.39. The molecule has 2 rings (SSSR count). The van der Waals surface area contributed by atoms with Gasteiger partial charge in [-0.1, -0.05) is 20.3 Å². The van der Waals surface area contributed by atoms with Gasteiger partial charge < -0.3 is 5.32 Å². The smallest absolute Gasteiger partial charge is 0.235 e. The number of nitrogens with one attached hydrogen (secondary N) is 1. The third kappa shape index (κ3) is 2.69. The number of carbonyl (C=O) groups excluding carboxylic acids is 2. The maximum Gasteiger partial charge on any atom is 0.235 e. The molecule has 108 valence electrons. The van der Waals surface area contributed by atoms with E-state index in [0.29, 0.717) is 19.0 Å². The molecule has 2 amide bonds. The van der Waals surface area contributed by atoms with Crippen molar-refractivity contribution < 1.29 is 9.59 Å². The second kappa shape index (κ2) is 5.23. The minimum atomic E-state index is -0.503. The van der Waals surface area contributed by atoms with Gasteiger partial charge in [-0.3, -0.25) is 14.5 Å². The van der Waals surface area contributed by atoms with Crippen molar-refractivity contribution in [2.45, 2.75) is 65.5 Å². The first kappa shape index (κ1) is 14.5. The molecule has 0 radical (unpaired) electrons. The molecule has 0 saturated carbocycles. The number of rotatable bonds is 3. The van der Waals surface area contributed by atoms with Crippen molar-refractivity contribution in [2.24, 2.45) is 11.3 Å². The number of piperidine rings is 1. The third-order valence-corrected chi connectivity index (χ3v) is 4.94. The standard InChI is InChI=1S/C15H26N2O2/c1-10(2)15(4)8-13(18)17(14(15)19)9-12-7-5-6-11(3)16-12/h10-12,16H,5-9H2,1-4H3. The fraction of sp³-hybridized carbons (Fsp3) is 0.867. The highest BCUT2D eigenvalue weighted by molar-refractivity contribution is 6.05. The Kier molecular flexibility index (Phi) is 4.00. The predicted octanol–water partition coefficient (Wildman–Crippen LogP) is 1.94. The second-order valence-electron chi connectivity index (χ2n) is 6.75. The Morgan fingerprint density at radius 1 is 1.37 bits per heavy atom. The average molecular weight is 266 g/mol. The molecule has 2 aliphatic rings. The molecule has 2 heterocycles. The quantitative estimate of drug-likeness (QED) is 0.794. The molecule has 1 N–H and O–H groups in total. The fourth-order valence-electron chi connectivity index (χ4n) is 3.15. The minimum absolute atomic E-state index is 0.00114. The molecule has 2 fully saturated rings. The van der Waals surface area contributed by atoms with Crippen LogP contribution in [0.25, 0.3) is 0 Å². The van der Waals surface area contributed by atoms with Gasteiger partial charge in [-0.15, -0.1) is 0 Å². The van der Waals surface area contributed by atoms with Crippen molar-refractivity contribution in [3.8, 4) is 0 Å². The summed E-state index contributed by atoms with van der Waals surface area (Å²) in [7, 11) is 0. The lowest BCUT2D eigenvalue weighted by atomic mass is 9.78. The molecule has 0 spiro atoms. The average Bonchev–Trinajstić information content (AvgIpc) is 2.54. The lowest BCUT2D eigenvalue weighted by molar-refractivity contribution is -0.142. The molecule has 3 atom stereocenters. The summed E-state index contributed by atoms with van der Waals surface area (Å²) in [6.45, 7) is 8.68. The summed E-state index contributed by atoms with van der Waals surface area (Å²) in [4.78, 5) is 26.1. The monoisotopic (exact) mass is 266 g/mol. The Morgan fingerprint density at radius 3 is 2.58 bits per heavy atom. The van der Waals surface area contributed by atoms with Crippen molar-refractivity contribution in [1.29, 1.82) is 0 Å². The molecule has 3 unspecified atom stereocenters. The van der Waals surface area contributed by atoms with Gasteiger partial charge in [0.2, 0.25) is 11.8 Å². The van der Waals surface area contributed by atoms with Crippen molar-refractivity contribution >= 4 is 11.8 Å². The summed E-state index contributed by atoms with van der Waals surface area (Å²) in [5.41, 5.74) is -0.503. The molecule has 2 aliphatic heterocycles. The van der Waals surface area contributed by atoms with E-state index in [0.717, 1.165) is 6.42 Å². The van der Waals surface area contributed by atoms with Crippen LogP contribution in [0.1, 0.15) is 53.4 Å². The van der Waals surface area contributed by atoms with Gasteiger partial charge >= 0.3 is 0 Å². The number of imide groups is 1. The summed E-state index contributed by atoms with van der Waals surface area (Å²) in [6.07, 6.45) is 3.78. The highest BCUT2D eigenvalue weighted by atomic mass is 16.2. The molecule has 0 aromatic rings. The van der Waals surface area contributed by atoms with Crippen LogP contribution in [-0.4, -0.2) is 35.3 Å². The predicted molar refractivity (Wildman–Crippen MR) is 74.5 cm³/mol. The maximum atomic E-state index is 12.5. The van der Waals surface area contributed by atoms with Crippen LogP contribution in [0.5, 0.6) is 0 Å². The first-order chi connectivity index (χ1) is 8.84. The van der Waals surface area contributed by atoms with Crippen LogP contribution in [0.3, 0.4) is 0 Å². The van der Waals surface area contributed by atoms with E-state index in [4.69, 9.17) is 0 Å². The number of amides is 2. The molecule has 0 aromatic heterocycles. The number of hydrogen-bond donors (Lipinski definition) is 1. The molecular weight excluding hydrogens is 240 g/mol. The van der Waals surface area contributed by atoms with E-state index in [1.165, 1.54) is 17.7 Å². The Bertz CT molecular complexity index is 380. The van der Waals surface area contributed by atoms with Crippen molar-refractivity contribution in [1.82, 2.24) is 10.2 Å². The third-order valence-electron chi connectivity index (χ3n) is 4.94. The van der Waals surface area contributed by atoms with E-state index >= 15 is 0 Å². The fourth-order valence-corrected chi connectivity index (χ4v) is 3.15. The summed E-state index contributed by atoms with van der Waals surface area (Å²) >= 11 is 0. The van der Waals surface area contributed by atoms with Crippen LogP contribution < -0.4 is 5.32 Å². The van der Waals surface area contributed by atoms with Gasteiger partial charge in [0.25, 0.3) is 0 Å². The van der Waals surface area contributed by atoms with Crippen LogP contribution in [0, 0.1) is 11.3 Å². The molecule has 2 saturated heterocycles. The lowest BCUT2D eigenvalue weighted by Crippen LogP contribution is -2.49. The van der Waals surface area contributed by atoms with Gasteiger partial charge in [-0.25, -0.2) is 0 Å². The van der Waals surface area contributed by atoms with Crippen molar-refractivity contribution in [2.75, 3.05) is 6.54 Å². The molecule has 0 aromatic carbocycles. The summed E-state index contributed by atoms with van der Waals surface area (Å²) < 4.78 is 0. The Labute approximate surface area is 115 Å². The lowest BCUT2D eigenvalue weighted by Gasteiger charge is -2.32. The molecule has 4 nitrogen and oxygen atoms in total. The van der Waals surface area contributed by atoms with E-state index in [1.54, 1.807) is 0 Å². The SMILES string of the molecule is CC1CCCC(CN2C(=O)CC(C)(C(C)C)C2=O)N1. The van der Waals surface area contributed by atoms with E-state index in [-0.39, 0.29) is 23.8 Å². The number of carbonyl (C=O) groups is 2. The summed E-state index contributed by atoms with van der Waals surface area (Å²) in [5.74, 6) is 0.223. The minimum Gasteiger partial charge on any atom is -0.310 e. The normalized spacial score (nSPS) is 36.4. The number of likely N-dealkylation sites (tertiary alicyclic amines) is 1. The summed E-state index contributed by atoms with van der Waals surface area (Å²) in [6, 6.07) is 0.759. The number of hydrogen-bond acceptors (Lipinski definition) is 3. The second-order valence-corrected chi connectivity index (χ2v) is 6.75. The first-order valence-corrected chi connectivity index (χ1v) is 7.45. The Balaban J connectivity index is 2.05. The molecule has 0 aliphatic carbocycles.